The van der Waals surface area contributed by atoms with Gasteiger partial charge in [-0.2, -0.15) is 9.97 Å². The number of hydrogen-bond acceptors (Lipinski definition) is 9. The molecule has 0 bridgehead atoms. The number of nitrogens with one attached hydrogen (secondary N) is 2. The number of aromatic nitrogens is 4. The van der Waals surface area contributed by atoms with Crippen molar-refractivity contribution in [3.8, 4) is 0 Å². The van der Waals surface area contributed by atoms with Crippen molar-refractivity contribution in [3.05, 3.63) is 10.8 Å². The molecule has 0 aliphatic carbocycles. The molecule has 2 aromatic heterocycles. The molecule has 2 aromatic rings. The van der Waals surface area contributed by atoms with E-state index in [1.807, 2.05) is 0 Å². The number of anilines is 2. The van der Waals surface area contributed by atoms with Gasteiger partial charge >= 0.3 is 0 Å². The summed E-state index contributed by atoms with van der Waals surface area (Å²) >= 11 is 3.32. The number of likely N-dealkylation sites (N-methyl/N-ethyl adjacent to an activating group) is 1. The first-order valence-corrected chi connectivity index (χ1v) is 11.6. The SMILES string of the molecule is CC(C)NS(=O)(=O)CCNc1nc(N2CCN(C)CC2)nc2ncc(Br)nc12. The fourth-order valence-corrected chi connectivity index (χ4v) is 4.35. The lowest BCUT2D eigenvalue weighted by Gasteiger charge is -2.32. The molecule has 0 unspecified atom stereocenters. The van der Waals surface area contributed by atoms with Crippen LogP contribution in [-0.2, 0) is 10.0 Å². The highest BCUT2D eigenvalue weighted by molar-refractivity contribution is 9.10. The molecule has 2 N–H and O–H groups in total. The van der Waals surface area contributed by atoms with Crippen LogP contribution in [0, 0.1) is 0 Å². The van der Waals surface area contributed by atoms with E-state index in [1.165, 1.54) is 0 Å². The van der Waals surface area contributed by atoms with Crippen molar-refractivity contribution in [1.29, 1.82) is 0 Å². The summed E-state index contributed by atoms with van der Waals surface area (Å²) in [7, 11) is -1.28. The Hall–Kier alpha value is -1.63. The summed E-state index contributed by atoms with van der Waals surface area (Å²) in [5.74, 6) is 0.984. The molecule has 0 spiro atoms. The molecule has 10 nitrogen and oxygen atoms in total. The number of nitrogens with zero attached hydrogens (tertiary/aromatic N) is 6. The topological polar surface area (TPSA) is 116 Å². The molecule has 154 valence electrons. The molecule has 3 rings (SSSR count). The molecule has 1 aliphatic heterocycles. The van der Waals surface area contributed by atoms with Crippen LogP contribution < -0.4 is 14.9 Å². The van der Waals surface area contributed by atoms with Gasteiger partial charge in [0, 0.05) is 38.8 Å². The van der Waals surface area contributed by atoms with Crippen molar-refractivity contribution in [1.82, 2.24) is 29.6 Å². The second-order valence-electron chi connectivity index (χ2n) is 7.05. The van der Waals surface area contributed by atoms with Gasteiger partial charge in [-0.15, -0.1) is 0 Å². The van der Waals surface area contributed by atoms with E-state index in [4.69, 9.17) is 0 Å². The zero-order chi connectivity index (χ0) is 20.3. The Balaban J connectivity index is 1.83. The van der Waals surface area contributed by atoms with Crippen LogP contribution in [0.1, 0.15) is 13.8 Å². The van der Waals surface area contributed by atoms with Gasteiger partial charge in [0.1, 0.15) is 4.60 Å². The van der Waals surface area contributed by atoms with E-state index in [0.717, 1.165) is 26.2 Å². The second-order valence-corrected chi connectivity index (χ2v) is 9.73. The highest BCUT2D eigenvalue weighted by Crippen LogP contribution is 2.22. The first-order valence-electron chi connectivity index (χ1n) is 9.11. The summed E-state index contributed by atoms with van der Waals surface area (Å²) in [5, 5.41) is 3.10. The van der Waals surface area contributed by atoms with Crippen LogP contribution in [-0.4, -0.2) is 84.8 Å². The van der Waals surface area contributed by atoms with Crippen molar-refractivity contribution in [2.75, 3.05) is 55.7 Å². The van der Waals surface area contributed by atoms with Crippen LogP contribution in [0.15, 0.2) is 10.8 Å². The molecule has 0 aromatic carbocycles. The number of piperazine rings is 1. The average Bonchev–Trinajstić information content (AvgIpc) is 2.61. The van der Waals surface area contributed by atoms with E-state index < -0.39 is 10.0 Å². The molecule has 28 heavy (non-hydrogen) atoms. The van der Waals surface area contributed by atoms with Crippen molar-refractivity contribution < 1.29 is 8.42 Å². The molecular formula is C16H25BrN8O2S. The quantitative estimate of drug-likeness (QED) is 0.599. The summed E-state index contributed by atoms with van der Waals surface area (Å²) in [6.07, 6.45) is 1.59. The predicted octanol–water partition coefficient (Wildman–Crippen LogP) is 0.674. The maximum Gasteiger partial charge on any atom is 0.229 e. The van der Waals surface area contributed by atoms with E-state index >= 15 is 0 Å². The fraction of sp³-hybridized carbons (Fsp3) is 0.625. The minimum Gasteiger partial charge on any atom is -0.367 e. The van der Waals surface area contributed by atoms with Crippen LogP contribution in [0.5, 0.6) is 0 Å². The minimum atomic E-state index is -3.37. The van der Waals surface area contributed by atoms with E-state index in [2.05, 4.69) is 62.8 Å². The van der Waals surface area contributed by atoms with E-state index in [9.17, 15) is 8.42 Å². The fourth-order valence-electron chi connectivity index (χ4n) is 2.87. The molecule has 3 heterocycles. The van der Waals surface area contributed by atoms with Crippen molar-refractivity contribution >= 4 is 48.9 Å². The highest BCUT2D eigenvalue weighted by atomic mass is 79.9. The normalized spacial score (nSPS) is 16.1. The lowest BCUT2D eigenvalue weighted by atomic mass is 10.3. The molecule has 0 radical (unpaired) electrons. The summed E-state index contributed by atoms with van der Waals surface area (Å²) in [4.78, 5) is 22.3. The molecule has 0 saturated carbocycles. The first kappa shape index (κ1) is 21.1. The smallest absolute Gasteiger partial charge is 0.229 e. The van der Waals surface area contributed by atoms with E-state index in [0.29, 0.717) is 27.5 Å². The van der Waals surface area contributed by atoms with Gasteiger partial charge < -0.3 is 15.1 Å². The van der Waals surface area contributed by atoms with Crippen LogP contribution in [0.4, 0.5) is 11.8 Å². The number of hydrogen-bond donors (Lipinski definition) is 2. The number of halogens is 1. The Morgan fingerprint density at radius 1 is 1.18 bits per heavy atom. The molecule has 12 heteroatoms. The first-order chi connectivity index (χ1) is 13.2. The van der Waals surface area contributed by atoms with Gasteiger partial charge in [-0.1, -0.05) is 0 Å². The Morgan fingerprint density at radius 3 is 2.57 bits per heavy atom. The third-order valence-electron chi connectivity index (χ3n) is 4.23. The van der Waals surface area contributed by atoms with Gasteiger partial charge in [-0.05, 0) is 36.8 Å². The molecule has 1 aliphatic rings. The highest BCUT2D eigenvalue weighted by Gasteiger charge is 2.20. The van der Waals surface area contributed by atoms with Crippen molar-refractivity contribution in [2.24, 2.45) is 0 Å². The summed E-state index contributed by atoms with van der Waals surface area (Å²) in [6.45, 7) is 7.27. The Kier molecular flexibility index (Phi) is 6.63. The van der Waals surface area contributed by atoms with Gasteiger partial charge in [0.15, 0.2) is 17.0 Å². The largest absolute Gasteiger partial charge is 0.367 e. The maximum absolute atomic E-state index is 12.1. The van der Waals surface area contributed by atoms with Gasteiger partial charge in [-0.3, -0.25) is 0 Å². The zero-order valence-electron chi connectivity index (χ0n) is 16.2. The predicted molar refractivity (Wildman–Crippen MR) is 113 cm³/mol. The average molecular weight is 473 g/mol. The Morgan fingerprint density at radius 2 is 1.89 bits per heavy atom. The lowest BCUT2D eigenvalue weighted by molar-refractivity contribution is 0.311. The molecule has 0 amide bonds. The number of fused-ring (bicyclic) bond motifs is 1. The van der Waals surface area contributed by atoms with Gasteiger partial charge in [0.05, 0.1) is 11.9 Å². The summed E-state index contributed by atoms with van der Waals surface area (Å²) in [6, 6.07) is -0.143. The molecule has 1 saturated heterocycles. The maximum atomic E-state index is 12.1. The second kappa shape index (κ2) is 8.80. The third-order valence-corrected chi connectivity index (χ3v) is 6.18. The van der Waals surface area contributed by atoms with Crippen LogP contribution in [0.3, 0.4) is 0 Å². The standard InChI is InChI=1S/C16H25BrN8O2S/c1-11(2)23-28(26,27)9-4-18-14-13-15(19-10-12(17)20-13)22-16(21-14)25-7-5-24(3)6-8-25/h10-11,23H,4-9H2,1-3H3,(H,18,19,21,22). The van der Waals surface area contributed by atoms with Crippen molar-refractivity contribution in [2.45, 2.75) is 19.9 Å². The monoisotopic (exact) mass is 472 g/mol. The van der Waals surface area contributed by atoms with Crippen LogP contribution in [0.2, 0.25) is 0 Å². The van der Waals surface area contributed by atoms with Gasteiger partial charge in [0.25, 0.3) is 0 Å². The minimum absolute atomic E-state index is 0.0675. The van der Waals surface area contributed by atoms with Crippen LogP contribution in [0.25, 0.3) is 11.2 Å². The molecule has 1 fully saturated rings. The van der Waals surface area contributed by atoms with E-state index in [1.54, 1.807) is 20.0 Å². The number of rotatable bonds is 7. The van der Waals surface area contributed by atoms with Crippen molar-refractivity contribution in [3.63, 3.8) is 0 Å². The molecule has 0 atom stereocenters. The van der Waals surface area contributed by atoms with E-state index in [-0.39, 0.29) is 18.3 Å². The third kappa shape index (κ3) is 5.46. The summed E-state index contributed by atoms with van der Waals surface area (Å²) < 4.78 is 27.3. The summed E-state index contributed by atoms with van der Waals surface area (Å²) in [5.41, 5.74) is 0.972. The zero-order valence-corrected chi connectivity index (χ0v) is 18.6. The Bertz CT molecular complexity index is 932. The van der Waals surface area contributed by atoms with Crippen LogP contribution >= 0.6 is 15.9 Å². The van der Waals surface area contributed by atoms with Gasteiger partial charge in [0.2, 0.25) is 16.0 Å². The molecular weight excluding hydrogens is 448 g/mol. The Labute approximate surface area is 173 Å². The van der Waals surface area contributed by atoms with Gasteiger partial charge in [-0.25, -0.2) is 23.1 Å². The number of sulfonamides is 1. The lowest BCUT2D eigenvalue weighted by Crippen LogP contribution is -2.45.